The van der Waals surface area contributed by atoms with Crippen molar-refractivity contribution in [2.45, 2.75) is 38.3 Å². The number of fused-ring (bicyclic) bond motifs is 3. The first-order valence-electron chi connectivity index (χ1n) is 8.95. The van der Waals surface area contributed by atoms with Crippen LogP contribution in [0.3, 0.4) is 0 Å². The Morgan fingerprint density at radius 2 is 1.89 bits per heavy atom. The van der Waals surface area contributed by atoms with Crippen LogP contribution in [-0.4, -0.2) is 61.8 Å². The van der Waals surface area contributed by atoms with Crippen molar-refractivity contribution in [1.82, 2.24) is 24.3 Å². The number of pyridine rings is 1. The van der Waals surface area contributed by atoms with Crippen molar-refractivity contribution in [2.24, 2.45) is 7.05 Å². The number of rotatable bonds is 1. The number of aryl methyl sites for hydroxylation is 2. The molecule has 0 aromatic carbocycles. The summed E-state index contributed by atoms with van der Waals surface area (Å²) in [5.41, 5.74) is -0.252. The van der Waals surface area contributed by atoms with Gasteiger partial charge in [0.1, 0.15) is 5.65 Å². The zero-order valence-corrected chi connectivity index (χ0v) is 15.5. The van der Waals surface area contributed by atoms with Gasteiger partial charge < -0.3 is 9.80 Å². The Morgan fingerprint density at radius 3 is 2.63 bits per heavy atom. The molecule has 1 N–H and O–H groups in total. The van der Waals surface area contributed by atoms with Gasteiger partial charge in [-0.2, -0.15) is 0 Å². The van der Waals surface area contributed by atoms with E-state index in [0.717, 1.165) is 12.8 Å². The maximum absolute atomic E-state index is 13.5. The number of carbonyl (C=O) groups excluding carboxylic acids is 2. The van der Waals surface area contributed by atoms with Crippen molar-refractivity contribution in [2.75, 3.05) is 13.6 Å². The summed E-state index contributed by atoms with van der Waals surface area (Å²) in [6.07, 6.45) is 1.88. The molecule has 2 bridgehead atoms. The summed E-state index contributed by atoms with van der Waals surface area (Å²) in [6, 6.07) is 1.34. The third-order valence-electron chi connectivity index (χ3n) is 5.60. The lowest BCUT2D eigenvalue weighted by molar-refractivity contribution is -0.130. The molecule has 142 valence electrons. The van der Waals surface area contributed by atoms with Crippen LogP contribution in [0.2, 0.25) is 0 Å². The van der Waals surface area contributed by atoms with Crippen LogP contribution in [0.4, 0.5) is 0 Å². The van der Waals surface area contributed by atoms with Crippen LogP contribution in [0.5, 0.6) is 0 Å². The first-order valence-corrected chi connectivity index (χ1v) is 8.95. The monoisotopic (exact) mass is 371 g/mol. The standard InChI is InChI=1S/C18H21N5O4/c1-9-6-12(14-15(19-9)22(3)18(27)20-16(14)25)17(26)23-10-4-5-11(23)8-21(2)13(24)7-10/h6,10-11H,4-5,7-8H2,1-3H3,(H,20,25,27)/t10-,11+/m0/s1. The fourth-order valence-corrected chi connectivity index (χ4v) is 4.22. The van der Waals surface area contributed by atoms with Gasteiger partial charge in [-0.05, 0) is 25.8 Å². The molecule has 27 heavy (non-hydrogen) atoms. The highest BCUT2D eigenvalue weighted by molar-refractivity contribution is 6.06. The zero-order valence-electron chi connectivity index (χ0n) is 15.5. The summed E-state index contributed by atoms with van der Waals surface area (Å²) in [6.45, 7) is 2.20. The van der Waals surface area contributed by atoms with E-state index in [1.807, 2.05) is 0 Å². The number of likely N-dealkylation sites (N-methyl/N-ethyl adjacent to an activating group) is 1. The predicted molar refractivity (Wildman–Crippen MR) is 97.6 cm³/mol. The summed E-state index contributed by atoms with van der Waals surface area (Å²) in [4.78, 5) is 60.0. The van der Waals surface area contributed by atoms with E-state index in [1.165, 1.54) is 11.6 Å². The Kier molecular flexibility index (Phi) is 3.90. The molecule has 4 rings (SSSR count). The van der Waals surface area contributed by atoms with E-state index in [4.69, 9.17) is 0 Å². The second-order valence-corrected chi connectivity index (χ2v) is 7.40. The van der Waals surface area contributed by atoms with E-state index in [0.29, 0.717) is 12.2 Å². The first kappa shape index (κ1) is 17.4. The van der Waals surface area contributed by atoms with Gasteiger partial charge in [0.25, 0.3) is 11.5 Å². The molecule has 4 heterocycles. The zero-order chi connectivity index (χ0) is 19.5. The first-order chi connectivity index (χ1) is 12.8. The summed E-state index contributed by atoms with van der Waals surface area (Å²) < 4.78 is 1.23. The lowest BCUT2D eigenvalue weighted by atomic mass is 10.1. The van der Waals surface area contributed by atoms with Crippen molar-refractivity contribution in [1.29, 1.82) is 0 Å². The predicted octanol–water partition coefficient (Wildman–Crippen LogP) is -0.234. The lowest BCUT2D eigenvalue weighted by Gasteiger charge is -2.28. The fourth-order valence-electron chi connectivity index (χ4n) is 4.22. The van der Waals surface area contributed by atoms with E-state index in [2.05, 4.69) is 9.97 Å². The minimum atomic E-state index is -0.626. The van der Waals surface area contributed by atoms with Crippen LogP contribution in [0.15, 0.2) is 15.7 Å². The van der Waals surface area contributed by atoms with Crippen LogP contribution in [0, 0.1) is 6.92 Å². The van der Waals surface area contributed by atoms with Crippen molar-refractivity contribution in [3.63, 3.8) is 0 Å². The summed E-state index contributed by atoms with van der Waals surface area (Å²) in [5, 5.41) is 0.107. The average molecular weight is 371 g/mol. The molecular formula is C18H21N5O4. The molecule has 0 unspecified atom stereocenters. The molecule has 2 atom stereocenters. The number of amides is 2. The number of aromatic amines is 1. The minimum absolute atomic E-state index is 0.0241. The molecule has 2 amide bonds. The molecular weight excluding hydrogens is 350 g/mol. The minimum Gasteiger partial charge on any atom is -0.344 e. The smallest absolute Gasteiger partial charge is 0.329 e. The number of likely N-dealkylation sites (tertiary alicyclic amines) is 1. The summed E-state index contributed by atoms with van der Waals surface area (Å²) >= 11 is 0. The van der Waals surface area contributed by atoms with E-state index >= 15 is 0 Å². The number of hydrogen-bond donors (Lipinski definition) is 1. The third kappa shape index (κ3) is 2.65. The van der Waals surface area contributed by atoms with Gasteiger partial charge in [-0.1, -0.05) is 0 Å². The number of nitrogens with zero attached hydrogens (tertiary/aromatic N) is 4. The Labute approximate surface area is 154 Å². The van der Waals surface area contributed by atoms with Gasteiger partial charge in [0.05, 0.1) is 10.9 Å². The van der Waals surface area contributed by atoms with E-state index in [-0.39, 0.29) is 46.9 Å². The molecule has 0 radical (unpaired) electrons. The highest BCUT2D eigenvalue weighted by Gasteiger charge is 2.42. The number of H-pyrrole nitrogens is 1. The second-order valence-electron chi connectivity index (χ2n) is 7.40. The molecule has 2 aromatic rings. The van der Waals surface area contributed by atoms with Crippen molar-refractivity contribution in [3.05, 3.63) is 38.2 Å². The Hall–Kier alpha value is -2.97. The van der Waals surface area contributed by atoms with Crippen LogP contribution in [-0.2, 0) is 11.8 Å². The summed E-state index contributed by atoms with van der Waals surface area (Å²) in [7, 11) is 3.25. The number of hydrogen-bond acceptors (Lipinski definition) is 5. The van der Waals surface area contributed by atoms with Gasteiger partial charge in [0.2, 0.25) is 5.91 Å². The highest BCUT2D eigenvalue weighted by atomic mass is 16.2. The average Bonchev–Trinajstić information content (AvgIpc) is 2.94. The van der Waals surface area contributed by atoms with Crippen LogP contribution >= 0.6 is 0 Å². The van der Waals surface area contributed by atoms with E-state index in [9.17, 15) is 19.2 Å². The molecule has 0 saturated carbocycles. The Balaban J connectivity index is 1.89. The maximum Gasteiger partial charge on any atom is 0.329 e. The molecule has 2 aliphatic rings. The second kappa shape index (κ2) is 6.04. The van der Waals surface area contributed by atoms with Crippen LogP contribution in [0.25, 0.3) is 11.0 Å². The molecule has 2 fully saturated rings. The molecule has 2 aliphatic heterocycles. The van der Waals surface area contributed by atoms with Crippen LogP contribution in [0.1, 0.15) is 35.3 Å². The summed E-state index contributed by atoms with van der Waals surface area (Å²) in [5.74, 6) is -0.263. The lowest BCUT2D eigenvalue weighted by Crippen LogP contribution is -2.43. The molecule has 2 saturated heterocycles. The third-order valence-corrected chi connectivity index (χ3v) is 5.60. The van der Waals surface area contributed by atoms with E-state index in [1.54, 1.807) is 29.8 Å². The van der Waals surface area contributed by atoms with Crippen LogP contribution < -0.4 is 11.2 Å². The fraction of sp³-hybridized carbons (Fsp3) is 0.500. The Bertz CT molecular complexity index is 1090. The number of carbonyl (C=O) groups is 2. The van der Waals surface area contributed by atoms with Gasteiger partial charge >= 0.3 is 5.69 Å². The normalized spacial score (nSPS) is 22.4. The van der Waals surface area contributed by atoms with Gasteiger partial charge in [-0.3, -0.25) is 23.9 Å². The SMILES string of the molecule is Cc1cc(C(=O)N2[C@@H]3CC[C@H]2CC(=O)N(C)C3)c2c(=O)[nH]c(=O)n(C)c2n1. The maximum atomic E-state index is 13.5. The topological polar surface area (TPSA) is 108 Å². The molecule has 9 heteroatoms. The number of aromatic nitrogens is 3. The van der Waals surface area contributed by atoms with Gasteiger partial charge in [-0.15, -0.1) is 0 Å². The largest absolute Gasteiger partial charge is 0.344 e. The molecule has 9 nitrogen and oxygen atoms in total. The van der Waals surface area contributed by atoms with Crippen molar-refractivity contribution in [3.8, 4) is 0 Å². The van der Waals surface area contributed by atoms with Gasteiger partial charge in [0, 0.05) is 44.8 Å². The molecule has 0 aliphatic carbocycles. The van der Waals surface area contributed by atoms with Crippen molar-refractivity contribution >= 4 is 22.8 Å². The van der Waals surface area contributed by atoms with E-state index < -0.39 is 11.2 Å². The number of nitrogens with one attached hydrogen (secondary N) is 1. The highest BCUT2D eigenvalue weighted by Crippen LogP contribution is 2.32. The quantitative estimate of drug-likeness (QED) is 0.745. The molecule has 2 aromatic heterocycles. The van der Waals surface area contributed by atoms with Gasteiger partial charge in [0.15, 0.2) is 0 Å². The molecule has 0 spiro atoms. The van der Waals surface area contributed by atoms with Gasteiger partial charge in [-0.25, -0.2) is 9.78 Å². The Morgan fingerprint density at radius 1 is 1.19 bits per heavy atom. The van der Waals surface area contributed by atoms with Crippen molar-refractivity contribution < 1.29 is 9.59 Å².